The molecule has 0 saturated carbocycles. The highest BCUT2D eigenvalue weighted by Gasteiger charge is 2.22. The molecule has 0 atom stereocenters. The highest BCUT2D eigenvalue weighted by molar-refractivity contribution is 5.79. The Kier molecular flexibility index (Phi) is 6.56. The van der Waals surface area contributed by atoms with Gasteiger partial charge in [0.25, 0.3) is 0 Å². The van der Waals surface area contributed by atoms with E-state index in [9.17, 15) is 9.90 Å². The molecule has 0 aliphatic heterocycles. The van der Waals surface area contributed by atoms with E-state index in [1.807, 2.05) is 17.0 Å². The van der Waals surface area contributed by atoms with Gasteiger partial charge in [-0.3, -0.25) is 4.79 Å². The largest absolute Gasteiger partial charge is 0.508 e. The lowest BCUT2D eigenvalue weighted by molar-refractivity contribution is -0.133. The molecule has 3 heteroatoms. The molecule has 0 aromatic heterocycles. The van der Waals surface area contributed by atoms with E-state index < -0.39 is 0 Å². The van der Waals surface area contributed by atoms with E-state index in [1.165, 1.54) is 0 Å². The number of nitrogens with zero attached hydrogens (tertiary/aromatic N) is 1. The van der Waals surface area contributed by atoms with Crippen molar-refractivity contribution in [3.05, 3.63) is 29.8 Å². The Morgan fingerprint density at radius 3 is 2.30 bits per heavy atom. The van der Waals surface area contributed by atoms with Crippen LogP contribution in [-0.4, -0.2) is 28.5 Å². The number of phenolic OH excluding ortho intramolecular Hbond substituents is 1. The quantitative estimate of drug-likeness (QED) is 0.827. The van der Waals surface area contributed by atoms with Crippen LogP contribution in [0.1, 0.15) is 46.1 Å². The van der Waals surface area contributed by atoms with Crippen LogP contribution in [0.2, 0.25) is 0 Å². The van der Waals surface area contributed by atoms with E-state index in [-0.39, 0.29) is 24.1 Å². The molecule has 1 aromatic rings. The molecule has 1 aromatic carbocycles. The topological polar surface area (TPSA) is 40.5 Å². The first kappa shape index (κ1) is 16.5. The van der Waals surface area contributed by atoms with E-state index in [1.54, 1.807) is 12.1 Å². The minimum atomic E-state index is 0.105. The van der Waals surface area contributed by atoms with Crippen molar-refractivity contribution in [2.24, 2.45) is 5.92 Å². The summed E-state index contributed by atoms with van der Waals surface area (Å²) in [6, 6.07) is 7.36. The maximum atomic E-state index is 12.6. The Labute approximate surface area is 122 Å². The summed E-state index contributed by atoms with van der Waals surface area (Å²) in [6.07, 6.45) is 2.21. The number of aromatic hydroxyl groups is 1. The number of carbonyl (C=O) groups excluding carboxylic acids is 1. The zero-order chi connectivity index (χ0) is 15.1. The molecule has 0 spiro atoms. The lowest BCUT2D eigenvalue weighted by Gasteiger charge is -2.32. The van der Waals surface area contributed by atoms with Gasteiger partial charge in [-0.1, -0.05) is 45.9 Å². The van der Waals surface area contributed by atoms with Crippen molar-refractivity contribution in [2.75, 3.05) is 6.54 Å². The second kappa shape index (κ2) is 7.93. The first-order chi connectivity index (χ1) is 9.49. The van der Waals surface area contributed by atoms with Crippen LogP contribution in [0.15, 0.2) is 24.3 Å². The van der Waals surface area contributed by atoms with Crippen LogP contribution in [0.4, 0.5) is 0 Å². The number of carbonyl (C=O) groups is 1. The van der Waals surface area contributed by atoms with Gasteiger partial charge in [0.1, 0.15) is 5.75 Å². The summed E-state index contributed by atoms with van der Waals surface area (Å²) in [7, 11) is 0. The fraction of sp³-hybridized carbons (Fsp3) is 0.588. The summed E-state index contributed by atoms with van der Waals surface area (Å²) in [6.45, 7) is 9.27. The van der Waals surface area contributed by atoms with Gasteiger partial charge in [0, 0.05) is 18.2 Å². The molecule has 0 aliphatic carbocycles. The smallest absolute Gasteiger partial charge is 0.227 e. The molecule has 0 unspecified atom stereocenters. The van der Waals surface area contributed by atoms with Crippen molar-refractivity contribution in [3.8, 4) is 5.75 Å². The molecule has 0 radical (unpaired) electrons. The number of amides is 1. The number of hydrogen-bond acceptors (Lipinski definition) is 2. The van der Waals surface area contributed by atoms with Gasteiger partial charge in [0.2, 0.25) is 5.91 Å². The second-order valence-electron chi connectivity index (χ2n) is 5.72. The van der Waals surface area contributed by atoms with Gasteiger partial charge in [-0.05, 0) is 24.8 Å². The van der Waals surface area contributed by atoms with E-state index in [4.69, 9.17) is 0 Å². The maximum absolute atomic E-state index is 12.6. The molecule has 20 heavy (non-hydrogen) atoms. The Hall–Kier alpha value is -1.51. The second-order valence-corrected chi connectivity index (χ2v) is 5.72. The summed E-state index contributed by atoms with van der Waals surface area (Å²) in [5, 5.41) is 9.81. The Morgan fingerprint density at radius 2 is 1.80 bits per heavy atom. The van der Waals surface area contributed by atoms with E-state index in [0.717, 1.165) is 19.4 Å². The average molecular weight is 277 g/mol. The monoisotopic (exact) mass is 277 g/mol. The summed E-state index contributed by atoms with van der Waals surface area (Å²) in [5.74, 6) is 0.757. The molecular formula is C17H27NO2. The Bertz CT molecular complexity index is 425. The highest BCUT2D eigenvalue weighted by atomic mass is 16.3. The third-order valence-electron chi connectivity index (χ3n) is 3.60. The fourth-order valence-corrected chi connectivity index (χ4v) is 2.50. The standard InChI is InChI=1S/C17H27NO2/c1-5-15(6-2)18(12-13(3)4)17(20)11-14-9-7-8-10-16(14)19/h7-10,13,15,19H,5-6,11-12H2,1-4H3. The van der Waals surface area contributed by atoms with Crippen molar-refractivity contribution >= 4 is 5.91 Å². The number of phenols is 1. The molecule has 0 heterocycles. The normalized spacial score (nSPS) is 11.1. The van der Waals surface area contributed by atoms with Crippen LogP contribution >= 0.6 is 0 Å². The van der Waals surface area contributed by atoms with Gasteiger partial charge in [0.15, 0.2) is 0 Å². The Balaban J connectivity index is 2.85. The molecule has 0 fully saturated rings. The fourth-order valence-electron chi connectivity index (χ4n) is 2.50. The molecule has 1 N–H and O–H groups in total. The van der Waals surface area contributed by atoms with Crippen LogP contribution in [0.3, 0.4) is 0 Å². The molecular weight excluding hydrogens is 250 g/mol. The number of rotatable bonds is 7. The van der Waals surface area contributed by atoms with Crippen molar-refractivity contribution < 1.29 is 9.90 Å². The predicted molar refractivity (Wildman–Crippen MR) is 82.7 cm³/mol. The zero-order valence-corrected chi connectivity index (χ0v) is 13.1. The van der Waals surface area contributed by atoms with Gasteiger partial charge < -0.3 is 10.0 Å². The summed E-state index contributed by atoms with van der Waals surface area (Å²) in [4.78, 5) is 14.6. The van der Waals surface area contributed by atoms with E-state index in [2.05, 4.69) is 27.7 Å². The minimum absolute atomic E-state index is 0.105. The Morgan fingerprint density at radius 1 is 1.20 bits per heavy atom. The molecule has 1 rings (SSSR count). The lowest BCUT2D eigenvalue weighted by Crippen LogP contribution is -2.42. The highest BCUT2D eigenvalue weighted by Crippen LogP contribution is 2.19. The third kappa shape index (κ3) is 4.55. The van der Waals surface area contributed by atoms with Crippen LogP contribution in [-0.2, 0) is 11.2 Å². The third-order valence-corrected chi connectivity index (χ3v) is 3.60. The maximum Gasteiger partial charge on any atom is 0.227 e. The van der Waals surface area contributed by atoms with Crippen molar-refractivity contribution in [3.63, 3.8) is 0 Å². The molecule has 0 saturated heterocycles. The average Bonchev–Trinajstić information content (AvgIpc) is 2.41. The molecule has 1 amide bonds. The van der Waals surface area contributed by atoms with Crippen LogP contribution in [0.25, 0.3) is 0 Å². The number of hydrogen-bond donors (Lipinski definition) is 1. The van der Waals surface area contributed by atoms with E-state index >= 15 is 0 Å². The van der Waals surface area contributed by atoms with Gasteiger partial charge in [0.05, 0.1) is 6.42 Å². The molecule has 0 bridgehead atoms. The molecule has 0 aliphatic rings. The number of para-hydroxylation sites is 1. The van der Waals surface area contributed by atoms with Crippen LogP contribution < -0.4 is 0 Å². The van der Waals surface area contributed by atoms with Gasteiger partial charge >= 0.3 is 0 Å². The van der Waals surface area contributed by atoms with Gasteiger partial charge in [-0.2, -0.15) is 0 Å². The first-order valence-corrected chi connectivity index (χ1v) is 7.55. The minimum Gasteiger partial charge on any atom is -0.508 e. The molecule has 3 nitrogen and oxygen atoms in total. The summed E-state index contributed by atoms with van der Waals surface area (Å²) in [5.41, 5.74) is 0.706. The molecule has 112 valence electrons. The van der Waals surface area contributed by atoms with Crippen molar-refractivity contribution in [1.29, 1.82) is 0 Å². The summed E-state index contributed by atoms with van der Waals surface area (Å²) < 4.78 is 0. The SMILES string of the molecule is CCC(CC)N(CC(C)C)C(=O)Cc1ccccc1O. The van der Waals surface area contributed by atoms with Crippen molar-refractivity contribution in [1.82, 2.24) is 4.90 Å². The van der Waals surface area contributed by atoms with Crippen LogP contribution in [0, 0.1) is 5.92 Å². The first-order valence-electron chi connectivity index (χ1n) is 7.55. The van der Waals surface area contributed by atoms with Crippen molar-refractivity contribution in [2.45, 2.75) is 53.0 Å². The van der Waals surface area contributed by atoms with Crippen LogP contribution in [0.5, 0.6) is 5.75 Å². The zero-order valence-electron chi connectivity index (χ0n) is 13.1. The predicted octanol–water partition coefficient (Wildman–Crippen LogP) is 3.61. The van der Waals surface area contributed by atoms with Gasteiger partial charge in [-0.25, -0.2) is 0 Å². The summed E-state index contributed by atoms with van der Waals surface area (Å²) >= 11 is 0. The number of benzene rings is 1. The van der Waals surface area contributed by atoms with Gasteiger partial charge in [-0.15, -0.1) is 0 Å². The lowest BCUT2D eigenvalue weighted by atomic mass is 10.0. The van der Waals surface area contributed by atoms with E-state index in [0.29, 0.717) is 11.5 Å².